The number of aryl methyl sites for hydroxylation is 1. The van der Waals surface area contributed by atoms with E-state index in [1.165, 1.54) is 24.3 Å². The first kappa shape index (κ1) is 14.3. The summed E-state index contributed by atoms with van der Waals surface area (Å²) in [4.78, 5) is 11.9. The highest BCUT2D eigenvalue weighted by Gasteiger charge is 2.08. The van der Waals surface area contributed by atoms with Crippen molar-refractivity contribution in [2.45, 2.75) is 13.5 Å². The van der Waals surface area contributed by atoms with E-state index in [1.807, 2.05) is 0 Å². The fourth-order valence-electron chi connectivity index (χ4n) is 1.75. The number of halogens is 2. The van der Waals surface area contributed by atoms with E-state index in [-0.39, 0.29) is 22.5 Å². The lowest BCUT2D eigenvalue weighted by Gasteiger charge is -2.07. The summed E-state index contributed by atoms with van der Waals surface area (Å²) < 4.78 is 13.1. The van der Waals surface area contributed by atoms with Crippen LogP contribution >= 0.6 is 11.6 Å². The molecule has 0 saturated heterocycles. The van der Waals surface area contributed by atoms with Crippen LogP contribution in [0.5, 0.6) is 5.75 Å². The maximum Gasteiger partial charge on any atom is 0.251 e. The highest BCUT2D eigenvalue weighted by atomic mass is 35.5. The molecule has 2 rings (SSSR count). The number of rotatable bonds is 3. The van der Waals surface area contributed by atoms with E-state index >= 15 is 0 Å². The van der Waals surface area contributed by atoms with Gasteiger partial charge in [-0.3, -0.25) is 4.79 Å². The lowest BCUT2D eigenvalue weighted by Crippen LogP contribution is -2.22. The van der Waals surface area contributed by atoms with Gasteiger partial charge in [-0.25, -0.2) is 4.39 Å². The predicted octanol–water partition coefficient (Wildman–Crippen LogP) is 3.42. The maximum absolute atomic E-state index is 13.1. The highest BCUT2D eigenvalue weighted by Crippen LogP contribution is 2.23. The molecule has 0 spiro atoms. The standard InChI is InChI=1S/C15H13ClFNO2/c1-9-6-10(2-4-13(9)17)8-18-15(20)11-3-5-14(19)12(16)7-11/h2-7,19H,8H2,1H3,(H,18,20). The Balaban J connectivity index is 2.04. The van der Waals surface area contributed by atoms with Gasteiger partial charge in [-0.1, -0.05) is 23.7 Å². The Hall–Kier alpha value is -2.07. The van der Waals surface area contributed by atoms with Gasteiger partial charge in [0, 0.05) is 12.1 Å². The van der Waals surface area contributed by atoms with Crippen molar-refractivity contribution in [1.82, 2.24) is 5.32 Å². The lowest BCUT2D eigenvalue weighted by atomic mass is 10.1. The zero-order chi connectivity index (χ0) is 14.7. The number of hydrogen-bond acceptors (Lipinski definition) is 2. The first-order chi connectivity index (χ1) is 9.47. The molecule has 2 aromatic carbocycles. The SMILES string of the molecule is Cc1cc(CNC(=O)c2ccc(O)c(Cl)c2)ccc1F. The summed E-state index contributed by atoms with van der Waals surface area (Å²) in [5, 5.41) is 12.1. The topological polar surface area (TPSA) is 49.3 Å². The average Bonchev–Trinajstić information content (AvgIpc) is 2.43. The van der Waals surface area contributed by atoms with Crippen molar-refractivity contribution in [3.05, 3.63) is 63.9 Å². The molecule has 0 bridgehead atoms. The molecule has 0 radical (unpaired) electrons. The number of benzene rings is 2. The average molecular weight is 294 g/mol. The summed E-state index contributed by atoms with van der Waals surface area (Å²) in [5.74, 6) is -0.656. The van der Waals surface area contributed by atoms with Crippen molar-refractivity contribution >= 4 is 17.5 Å². The van der Waals surface area contributed by atoms with E-state index in [0.29, 0.717) is 17.7 Å². The third-order valence-corrected chi connectivity index (χ3v) is 3.19. The van der Waals surface area contributed by atoms with Crippen LogP contribution in [0, 0.1) is 12.7 Å². The molecule has 2 N–H and O–H groups in total. The van der Waals surface area contributed by atoms with Crippen molar-refractivity contribution in [3.8, 4) is 5.75 Å². The Morgan fingerprint density at radius 2 is 2.05 bits per heavy atom. The van der Waals surface area contributed by atoms with Gasteiger partial charge in [-0.15, -0.1) is 0 Å². The number of amides is 1. The third kappa shape index (κ3) is 3.27. The van der Waals surface area contributed by atoms with Crippen LogP contribution in [0.15, 0.2) is 36.4 Å². The minimum atomic E-state index is -0.311. The summed E-state index contributed by atoms with van der Waals surface area (Å²) in [7, 11) is 0. The van der Waals surface area contributed by atoms with Gasteiger partial charge in [0.15, 0.2) is 0 Å². The van der Waals surface area contributed by atoms with E-state index in [4.69, 9.17) is 11.6 Å². The fraction of sp³-hybridized carbons (Fsp3) is 0.133. The molecule has 3 nitrogen and oxygen atoms in total. The second-order valence-electron chi connectivity index (χ2n) is 4.43. The Kier molecular flexibility index (Phi) is 4.25. The van der Waals surface area contributed by atoms with Gasteiger partial charge < -0.3 is 10.4 Å². The number of phenols is 1. The van der Waals surface area contributed by atoms with E-state index in [0.717, 1.165) is 5.56 Å². The quantitative estimate of drug-likeness (QED) is 0.911. The third-order valence-electron chi connectivity index (χ3n) is 2.89. The molecule has 0 aliphatic rings. The molecular weight excluding hydrogens is 281 g/mol. The van der Waals surface area contributed by atoms with Crippen LogP contribution in [0.2, 0.25) is 5.02 Å². The molecule has 0 aromatic heterocycles. The number of carbonyl (C=O) groups excluding carboxylic acids is 1. The molecule has 0 atom stereocenters. The van der Waals surface area contributed by atoms with Crippen molar-refractivity contribution in [2.24, 2.45) is 0 Å². The summed E-state index contributed by atoms with van der Waals surface area (Å²) in [6.07, 6.45) is 0. The van der Waals surface area contributed by atoms with Crippen LogP contribution in [0.25, 0.3) is 0 Å². The van der Waals surface area contributed by atoms with Gasteiger partial charge in [0.25, 0.3) is 5.91 Å². The van der Waals surface area contributed by atoms with Crippen LogP contribution in [0.1, 0.15) is 21.5 Å². The smallest absolute Gasteiger partial charge is 0.251 e. The number of carbonyl (C=O) groups is 1. The molecule has 0 heterocycles. The molecule has 5 heteroatoms. The van der Waals surface area contributed by atoms with Gasteiger partial charge in [-0.05, 0) is 42.3 Å². The lowest BCUT2D eigenvalue weighted by molar-refractivity contribution is 0.0951. The van der Waals surface area contributed by atoms with E-state index in [1.54, 1.807) is 19.1 Å². The van der Waals surface area contributed by atoms with Gasteiger partial charge in [-0.2, -0.15) is 0 Å². The van der Waals surface area contributed by atoms with Crippen LogP contribution in [0.3, 0.4) is 0 Å². The number of nitrogens with one attached hydrogen (secondary N) is 1. The number of hydrogen-bond donors (Lipinski definition) is 2. The Morgan fingerprint density at radius 1 is 1.30 bits per heavy atom. The summed E-state index contributed by atoms with van der Waals surface area (Å²) in [6, 6.07) is 8.90. The second-order valence-corrected chi connectivity index (χ2v) is 4.84. The fourth-order valence-corrected chi connectivity index (χ4v) is 1.93. The zero-order valence-corrected chi connectivity index (χ0v) is 11.5. The molecular formula is C15H13ClFNO2. The molecule has 0 saturated carbocycles. The Morgan fingerprint density at radius 3 is 2.70 bits per heavy atom. The molecule has 2 aromatic rings. The van der Waals surface area contributed by atoms with E-state index in [2.05, 4.69) is 5.32 Å². The van der Waals surface area contributed by atoms with Crippen LogP contribution in [-0.2, 0) is 6.54 Å². The van der Waals surface area contributed by atoms with Crippen molar-refractivity contribution in [1.29, 1.82) is 0 Å². The molecule has 1 amide bonds. The van der Waals surface area contributed by atoms with Gasteiger partial charge >= 0.3 is 0 Å². The monoisotopic (exact) mass is 293 g/mol. The van der Waals surface area contributed by atoms with Crippen molar-refractivity contribution in [3.63, 3.8) is 0 Å². The van der Waals surface area contributed by atoms with Crippen LogP contribution in [0.4, 0.5) is 4.39 Å². The molecule has 0 aliphatic heterocycles. The van der Waals surface area contributed by atoms with Gasteiger partial charge in [0.1, 0.15) is 11.6 Å². The Labute approximate surface area is 121 Å². The summed E-state index contributed by atoms with van der Waals surface area (Å²) >= 11 is 5.74. The number of aromatic hydroxyl groups is 1. The van der Waals surface area contributed by atoms with E-state index in [9.17, 15) is 14.3 Å². The molecule has 104 valence electrons. The Bertz CT molecular complexity index is 658. The zero-order valence-electron chi connectivity index (χ0n) is 10.8. The molecule has 0 aliphatic carbocycles. The van der Waals surface area contributed by atoms with Crippen molar-refractivity contribution in [2.75, 3.05) is 0 Å². The molecule has 0 fully saturated rings. The molecule has 20 heavy (non-hydrogen) atoms. The second kappa shape index (κ2) is 5.92. The van der Waals surface area contributed by atoms with Gasteiger partial charge in [0.2, 0.25) is 0 Å². The summed E-state index contributed by atoms with van der Waals surface area (Å²) in [6.45, 7) is 1.96. The maximum atomic E-state index is 13.1. The first-order valence-electron chi connectivity index (χ1n) is 5.99. The number of phenolic OH excluding ortho intramolecular Hbond substituents is 1. The summed E-state index contributed by atoms with van der Waals surface area (Å²) in [5.41, 5.74) is 1.69. The minimum Gasteiger partial charge on any atom is -0.506 e. The van der Waals surface area contributed by atoms with Crippen molar-refractivity contribution < 1.29 is 14.3 Å². The predicted molar refractivity (Wildman–Crippen MR) is 75.4 cm³/mol. The molecule has 0 unspecified atom stereocenters. The first-order valence-corrected chi connectivity index (χ1v) is 6.37. The largest absolute Gasteiger partial charge is 0.506 e. The van der Waals surface area contributed by atoms with E-state index < -0.39 is 0 Å². The minimum absolute atomic E-state index is 0.0719. The normalized spacial score (nSPS) is 10.3. The van der Waals surface area contributed by atoms with Gasteiger partial charge in [0.05, 0.1) is 5.02 Å². The van der Waals surface area contributed by atoms with Crippen LogP contribution in [-0.4, -0.2) is 11.0 Å². The highest BCUT2D eigenvalue weighted by molar-refractivity contribution is 6.32. The van der Waals surface area contributed by atoms with Crippen LogP contribution < -0.4 is 5.32 Å².